The van der Waals surface area contributed by atoms with E-state index in [-0.39, 0.29) is 18.7 Å². The third-order valence-electron chi connectivity index (χ3n) is 5.54. The highest BCUT2D eigenvalue weighted by molar-refractivity contribution is 5.94. The minimum Gasteiger partial charge on any atom is -0.349 e. The third-order valence-corrected chi connectivity index (χ3v) is 5.54. The van der Waals surface area contributed by atoms with Crippen molar-refractivity contribution in [2.45, 2.75) is 63.7 Å². The van der Waals surface area contributed by atoms with Gasteiger partial charge < -0.3 is 5.32 Å². The number of nitrogens with one attached hydrogen (secondary N) is 1. The van der Waals surface area contributed by atoms with E-state index in [1.807, 2.05) is 12.1 Å². The predicted octanol–water partition coefficient (Wildman–Crippen LogP) is 4.52. The molecule has 1 saturated carbocycles. The van der Waals surface area contributed by atoms with Gasteiger partial charge in [-0.3, -0.25) is 9.69 Å². The van der Waals surface area contributed by atoms with E-state index in [0.717, 1.165) is 19.6 Å². The maximum Gasteiger partial charge on any atom is 0.391 e. The molecule has 1 aliphatic heterocycles. The van der Waals surface area contributed by atoms with Crippen molar-refractivity contribution in [3.05, 3.63) is 35.4 Å². The standard InChI is InChI=1S/C20H27F3N2O/c21-20(22,23)17-5-4-6-18(13-17)24-19(26)16-9-7-15(8-10-16)14-25-11-2-1-3-12-25/h7-10,17-18H,1-6,11-14H2,(H,24,26). The zero-order valence-corrected chi connectivity index (χ0v) is 15.0. The van der Waals surface area contributed by atoms with Gasteiger partial charge in [-0.25, -0.2) is 0 Å². The summed E-state index contributed by atoms with van der Waals surface area (Å²) < 4.78 is 38.7. The predicted molar refractivity (Wildman–Crippen MR) is 94.8 cm³/mol. The van der Waals surface area contributed by atoms with Gasteiger partial charge in [-0.1, -0.05) is 25.0 Å². The first-order valence-electron chi connectivity index (χ1n) is 9.61. The summed E-state index contributed by atoms with van der Waals surface area (Å²) in [6.45, 7) is 3.12. The molecule has 3 nitrogen and oxygen atoms in total. The van der Waals surface area contributed by atoms with E-state index in [1.54, 1.807) is 12.1 Å². The molecule has 2 fully saturated rings. The molecule has 1 saturated heterocycles. The highest BCUT2D eigenvalue weighted by Gasteiger charge is 2.42. The lowest BCUT2D eigenvalue weighted by Crippen LogP contribution is -2.41. The fourth-order valence-corrected chi connectivity index (χ4v) is 4.02. The molecule has 2 atom stereocenters. The first-order valence-corrected chi connectivity index (χ1v) is 9.61. The van der Waals surface area contributed by atoms with E-state index >= 15 is 0 Å². The monoisotopic (exact) mass is 368 g/mol. The summed E-state index contributed by atoms with van der Waals surface area (Å²) in [5, 5.41) is 2.79. The minimum absolute atomic E-state index is 0.0116. The van der Waals surface area contributed by atoms with Gasteiger partial charge in [0.2, 0.25) is 0 Å². The minimum atomic E-state index is -4.17. The quantitative estimate of drug-likeness (QED) is 0.847. The Morgan fingerprint density at radius 1 is 1.04 bits per heavy atom. The molecular weight excluding hydrogens is 341 g/mol. The Kier molecular flexibility index (Phi) is 6.22. The second-order valence-electron chi connectivity index (χ2n) is 7.61. The molecule has 1 aromatic carbocycles. The molecule has 2 aliphatic rings. The first kappa shape index (κ1) is 19.2. The van der Waals surface area contributed by atoms with Crippen LogP contribution < -0.4 is 5.32 Å². The van der Waals surface area contributed by atoms with Crippen LogP contribution in [0, 0.1) is 5.92 Å². The van der Waals surface area contributed by atoms with E-state index < -0.39 is 18.1 Å². The summed E-state index contributed by atoms with van der Waals surface area (Å²) in [4.78, 5) is 14.8. The van der Waals surface area contributed by atoms with Gasteiger partial charge in [-0.2, -0.15) is 13.2 Å². The van der Waals surface area contributed by atoms with E-state index in [1.165, 1.54) is 24.8 Å². The topological polar surface area (TPSA) is 32.3 Å². The summed E-state index contributed by atoms with van der Waals surface area (Å²) in [7, 11) is 0. The second kappa shape index (κ2) is 8.42. The number of amides is 1. The molecule has 1 heterocycles. The molecule has 1 amide bonds. The van der Waals surface area contributed by atoms with Crippen LogP contribution >= 0.6 is 0 Å². The van der Waals surface area contributed by atoms with Crippen molar-refractivity contribution < 1.29 is 18.0 Å². The zero-order chi connectivity index (χ0) is 18.6. The van der Waals surface area contributed by atoms with Gasteiger partial charge >= 0.3 is 6.18 Å². The molecule has 0 aromatic heterocycles. The van der Waals surface area contributed by atoms with Gasteiger partial charge in [0.1, 0.15) is 0 Å². The van der Waals surface area contributed by atoms with Crippen LogP contribution in [-0.2, 0) is 6.54 Å². The first-order chi connectivity index (χ1) is 12.4. The normalized spacial score (nSPS) is 25.0. The molecule has 3 rings (SSSR count). The molecule has 0 bridgehead atoms. The van der Waals surface area contributed by atoms with E-state index in [4.69, 9.17) is 0 Å². The number of halogens is 3. The Morgan fingerprint density at radius 3 is 2.38 bits per heavy atom. The van der Waals surface area contributed by atoms with E-state index in [2.05, 4.69) is 10.2 Å². The Bertz CT molecular complexity index is 594. The third kappa shape index (κ3) is 5.22. The number of hydrogen-bond donors (Lipinski definition) is 1. The molecular formula is C20H27F3N2O. The van der Waals surface area contributed by atoms with Crippen LogP contribution in [0.15, 0.2) is 24.3 Å². The van der Waals surface area contributed by atoms with Gasteiger partial charge in [0.15, 0.2) is 0 Å². The average Bonchev–Trinajstić information content (AvgIpc) is 2.63. The Morgan fingerprint density at radius 2 is 1.73 bits per heavy atom. The van der Waals surface area contributed by atoms with Crippen molar-refractivity contribution in [3.8, 4) is 0 Å². The smallest absolute Gasteiger partial charge is 0.349 e. The van der Waals surface area contributed by atoms with Crippen molar-refractivity contribution in [2.75, 3.05) is 13.1 Å². The maximum absolute atomic E-state index is 12.9. The molecule has 1 aliphatic carbocycles. The number of likely N-dealkylation sites (tertiary alicyclic amines) is 1. The van der Waals surface area contributed by atoms with Gasteiger partial charge in [0.05, 0.1) is 5.92 Å². The number of piperidine rings is 1. The molecule has 2 unspecified atom stereocenters. The van der Waals surface area contributed by atoms with Crippen LogP contribution in [0.4, 0.5) is 13.2 Å². The fourth-order valence-electron chi connectivity index (χ4n) is 4.02. The van der Waals surface area contributed by atoms with Crippen molar-refractivity contribution in [1.29, 1.82) is 0 Å². The molecule has 144 valence electrons. The lowest BCUT2D eigenvalue weighted by Gasteiger charge is -2.31. The van der Waals surface area contributed by atoms with Crippen LogP contribution in [0.2, 0.25) is 0 Å². The summed E-state index contributed by atoms with van der Waals surface area (Å²) in [6, 6.07) is 7.05. The van der Waals surface area contributed by atoms with E-state index in [0.29, 0.717) is 18.4 Å². The summed E-state index contributed by atoms with van der Waals surface area (Å²) in [5.41, 5.74) is 1.68. The SMILES string of the molecule is O=C(NC1CCCC(C(F)(F)F)C1)c1ccc(CN2CCCCC2)cc1. The Labute approximate surface area is 152 Å². The highest BCUT2D eigenvalue weighted by Crippen LogP contribution is 2.37. The van der Waals surface area contributed by atoms with Gasteiger partial charge in [-0.05, 0) is 62.9 Å². The molecule has 6 heteroatoms. The van der Waals surface area contributed by atoms with Crippen LogP contribution in [0.25, 0.3) is 0 Å². The Balaban J connectivity index is 1.53. The zero-order valence-electron chi connectivity index (χ0n) is 15.0. The summed E-state index contributed by atoms with van der Waals surface area (Å²) in [6.07, 6.45) is 0.881. The van der Waals surface area contributed by atoms with Crippen LogP contribution in [0.5, 0.6) is 0 Å². The number of carbonyl (C=O) groups is 1. The average molecular weight is 368 g/mol. The summed E-state index contributed by atoms with van der Waals surface area (Å²) in [5.74, 6) is -1.57. The van der Waals surface area contributed by atoms with Crippen LogP contribution in [0.1, 0.15) is 60.9 Å². The van der Waals surface area contributed by atoms with Crippen molar-refractivity contribution >= 4 is 5.91 Å². The number of nitrogens with zero attached hydrogens (tertiary/aromatic N) is 1. The van der Waals surface area contributed by atoms with Gasteiger partial charge in [-0.15, -0.1) is 0 Å². The molecule has 1 aromatic rings. The molecule has 0 spiro atoms. The van der Waals surface area contributed by atoms with Crippen molar-refractivity contribution in [3.63, 3.8) is 0 Å². The van der Waals surface area contributed by atoms with Crippen molar-refractivity contribution in [2.24, 2.45) is 5.92 Å². The van der Waals surface area contributed by atoms with Gasteiger partial charge in [0, 0.05) is 18.2 Å². The maximum atomic E-state index is 12.9. The van der Waals surface area contributed by atoms with Crippen molar-refractivity contribution in [1.82, 2.24) is 10.2 Å². The number of alkyl halides is 3. The molecule has 1 N–H and O–H groups in total. The van der Waals surface area contributed by atoms with Crippen LogP contribution in [0.3, 0.4) is 0 Å². The Hall–Kier alpha value is -1.56. The second-order valence-corrected chi connectivity index (χ2v) is 7.61. The number of hydrogen-bond acceptors (Lipinski definition) is 2. The molecule has 26 heavy (non-hydrogen) atoms. The van der Waals surface area contributed by atoms with E-state index in [9.17, 15) is 18.0 Å². The van der Waals surface area contributed by atoms with Crippen LogP contribution in [-0.4, -0.2) is 36.1 Å². The number of benzene rings is 1. The fraction of sp³-hybridized carbons (Fsp3) is 0.650. The number of rotatable bonds is 4. The highest BCUT2D eigenvalue weighted by atomic mass is 19.4. The number of carbonyl (C=O) groups excluding carboxylic acids is 1. The lowest BCUT2D eigenvalue weighted by atomic mass is 9.85. The lowest BCUT2D eigenvalue weighted by molar-refractivity contribution is -0.183. The molecule has 0 radical (unpaired) electrons. The largest absolute Gasteiger partial charge is 0.391 e. The summed E-state index contributed by atoms with van der Waals surface area (Å²) >= 11 is 0. The van der Waals surface area contributed by atoms with Gasteiger partial charge in [0.25, 0.3) is 5.91 Å².